The first-order chi connectivity index (χ1) is 5.07. The molecule has 0 aromatic heterocycles. The minimum Gasteiger partial charge on any atom is -0.265 e. The molecule has 0 radical (unpaired) electrons. The van der Waals surface area contributed by atoms with E-state index in [0.717, 1.165) is 0 Å². The van der Waals surface area contributed by atoms with Crippen LogP contribution in [0, 0.1) is 10.1 Å². The average molecular weight is 221 g/mol. The fraction of sp³-hybridized carbons (Fsp3) is 0. The second kappa shape index (κ2) is 2.81. The first-order valence-corrected chi connectivity index (χ1v) is 4.92. The molecule has 72 valence electrons. The van der Waals surface area contributed by atoms with E-state index in [9.17, 15) is 26.9 Å². The van der Waals surface area contributed by atoms with E-state index in [1.165, 1.54) is 0 Å². The molecule has 0 fully saturated rings. The van der Waals surface area contributed by atoms with Crippen LogP contribution in [-0.2, 0) is 20.5 Å². The second-order valence-electron chi connectivity index (χ2n) is 1.44. The van der Waals surface area contributed by atoms with E-state index in [4.69, 9.17) is 4.55 Å². The molecule has 0 aromatic rings. The van der Waals surface area contributed by atoms with E-state index in [2.05, 4.69) is 5.14 Å². The highest BCUT2D eigenvalue weighted by atomic mass is 32.3. The third kappa shape index (κ3) is 2.57. The summed E-state index contributed by atoms with van der Waals surface area (Å²) in [6.07, 6.45) is 0. The zero-order chi connectivity index (χ0) is 10.2. The van der Waals surface area contributed by atoms with Gasteiger partial charge in [0, 0.05) is 0 Å². The summed E-state index contributed by atoms with van der Waals surface area (Å²) in [5.74, 6) is 0. The van der Waals surface area contributed by atoms with E-state index in [1.54, 1.807) is 0 Å². The first kappa shape index (κ1) is 11.0. The fourth-order valence-corrected chi connectivity index (χ4v) is 1.71. The molecule has 12 heteroatoms. The highest BCUT2D eigenvalue weighted by Crippen LogP contribution is 2.01. The van der Waals surface area contributed by atoms with Gasteiger partial charge in [-0.3, -0.25) is 4.55 Å². The van der Waals surface area contributed by atoms with Crippen molar-refractivity contribution in [3.63, 3.8) is 0 Å². The van der Waals surface area contributed by atoms with E-state index >= 15 is 0 Å². The summed E-state index contributed by atoms with van der Waals surface area (Å²) >= 11 is 0. The van der Waals surface area contributed by atoms with Crippen molar-refractivity contribution < 1.29 is 26.4 Å². The number of nitro groups is 1. The molecule has 0 heterocycles. The molecule has 12 heavy (non-hydrogen) atoms. The Hall–Kier alpha value is -0.980. The summed E-state index contributed by atoms with van der Waals surface area (Å²) in [7, 11) is -10.6. The molecule has 0 rings (SSSR count). The quantitative estimate of drug-likeness (QED) is 0.302. The summed E-state index contributed by atoms with van der Waals surface area (Å²) in [4.78, 5) is 9.73. The van der Waals surface area contributed by atoms with Gasteiger partial charge in [-0.1, -0.05) is 0 Å². The highest BCUT2D eigenvalue weighted by molar-refractivity contribution is 8.00. The third-order valence-electron chi connectivity index (χ3n) is 0.548. The van der Waals surface area contributed by atoms with Crippen molar-refractivity contribution in [2.45, 2.75) is 0 Å². The van der Waals surface area contributed by atoms with Gasteiger partial charge in [0.2, 0.25) is 0 Å². The molecule has 0 saturated heterocycles. The van der Waals surface area contributed by atoms with E-state index in [0.29, 0.717) is 0 Å². The van der Waals surface area contributed by atoms with Crippen LogP contribution in [-0.4, -0.2) is 30.2 Å². The van der Waals surface area contributed by atoms with Crippen LogP contribution in [0.4, 0.5) is 0 Å². The second-order valence-corrected chi connectivity index (χ2v) is 4.29. The monoisotopic (exact) mass is 221 g/mol. The van der Waals surface area contributed by atoms with Gasteiger partial charge >= 0.3 is 20.5 Å². The summed E-state index contributed by atoms with van der Waals surface area (Å²) in [6.45, 7) is 0. The Morgan fingerprint density at radius 1 is 1.33 bits per heavy atom. The zero-order valence-corrected chi connectivity index (χ0v) is 6.82. The maximum atomic E-state index is 10.1. The van der Waals surface area contributed by atoms with E-state index in [-0.39, 0.29) is 0 Å². The van der Waals surface area contributed by atoms with Gasteiger partial charge in [-0.15, -0.1) is 0 Å². The molecule has 0 aliphatic rings. The number of rotatable bonds is 3. The van der Waals surface area contributed by atoms with Crippen molar-refractivity contribution in [3.05, 3.63) is 10.1 Å². The number of nitrogens with two attached hydrogens (primary N) is 1. The molecule has 0 aliphatic carbocycles. The number of hydrazine groups is 1. The molecule has 0 saturated carbocycles. The molecular weight excluding hydrogens is 218 g/mol. The Morgan fingerprint density at radius 3 is 1.67 bits per heavy atom. The Labute approximate surface area is 66.8 Å². The van der Waals surface area contributed by atoms with Gasteiger partial charge in [0.15, 0.2) is 5.03 Å². The average Bonchev–Trinajstić information content (AvgIpc) is 1.49. The molecule has 3 N–H and O–H groups in total. The van der Waals surface area contributed by atoms with Crippen LogP contribution in [0.15, 0.2) is 0 Å². The molecular formula is H3N3O7S2. The summed E-state index contributed by atoms with van der Waals surface area (Å²) < 4.78 is 46.8. The standard InChI is InChI=1S/H3N3O7S2/c1-11(6,7)3(2(4)5)12(8,9)10/h(H2,1,6,7)(H,8,9,10). The molecule has 10 nitrogen and oxygen atoms in total. The lowest BCUT2D eigenvalue weighted by molar-refractivity contribution is -0.588. The van der Waals surface area contributed by atoms with Gasteiger partial charge in [0.1, 0.15) is 3.82 Å². The topological polar surface area (TPSA) is 161 Å². The highest BCUT2D eigenvalue weighted by Gasteiger charge is 2.40. The van der Waals surface area contributed by atoms with E-state index < -0.39 is 29.4 Å². The van der Waals surface area contributed by atoms with Crippen LogP contribution >= 0.6 is 0 Å². The SMILES string of the molecule is NS(=O)(=O)N([N+](=O)[O-])S(=O)(=O)O. The lowest BCUT2D eigenvalue weighted by Crippen LogP contribution is -2.44. The van der Waals surface area contributed by atoms with Crippen molar-refractivity contribution in [1.29, 1.82) is 0 Å². The van der Waals surface area contributed by atoms with Gasteiger partial charge in [0.05, 0.1) is 0 Å². The third-order valence-corrected chi connectivity index (χ3v) is 2.83. The van der Waals surface area contributed by atoms with Crippen molar-refractivity contribution in [2.75, 3.05) is 0 Å². The Bertz CT molecular complexity index is 341. The Morgan fingerprint density at radius 2 is 1.67 bits per heavy atom. The molecule has 0 unspecified atom stereocenters. The maximum Gasteiger partial charge on any atom is 0.426 e. The molecule has 0 aromatic carbocycles. The molecule has 0 spiro atoms. The number of nitrogens with zero attached hydrogens (tertiary/aromatic N) is 2. The predicted molar refractivity (Wildman–Crippen MR) is 33.5 cm³/mol. The molecule has 0 amide bonds. The number of hydrogen-bond donors (Lipinski definition) is 2. The Kier molecular flexibility index (Phi) is 2.58. The zero-order valence-electron chi connectivity index (χ0n) is 5.18. The minimum absolute atomic E-state index is 1.46. The lowest BCUT2D eigenvalue weighted by atomic mass is 12.7. The normalized spacial score (nSPS) is 12.5. The van der Waals surface area contributed by atoms with Gasteiger partial charge < -0.3 is 0 Å². The smallest absolute Gasteiger partial charge is 0.265 e. The maximum absolute atomic E-state index is 10.1. The van der Waals surface area contributed by atoms with Crippen molar-refractivity contribution >= 4 is 20.5 Å². The largest absolute Gasteiger partial charge is 0.426 e. The van der Waals surface area contributed by atoms with Gasteiger partial charge in [-0.25, -0.2) is 15.3 Å². The fourth-order valence-electron chi connectivity index (χ4n) is 0.308. The van der Waals surface area contributed by atoms with Crippen LogP contribution in [0.1, 0.15) is 0 Å². The summed E-state index contributed by atoms with van der Waals surface area (Å²) in [5.41, 5.74) is 0. The molecule has 0 bridgehead atoms. The van der Waals surface area contributed by atoms with Crippen molar-refractivity contribution in [3.8, 4) is 0 Å². The van der Waals surface area contributed by atoms with Crippen LogP contribution in [0.2, 0.25) is 0 Å². The number of hydrogen-bond acceptors (Lipinski definition) is 6. The van der Waals surface area contributed by atoms with Crippen LogP contribution in [0.5, 0.6) is 0 Å². The van der Waals surface area contributed by atoms with E-state index in [1.807, 2.05) is 0 Å². The molecule has 0 aliphatic heterocycles. The van der Waals surface area contributed by atoms with Crippen molar-refractivity contribution in [2.24, 2.45) is 5.14 Å². The summed E-state index contributed by atoms with van der Waals surface area (Å²) in [6, 6.07) is 0. The van der Waals surface area contributed by atoms with Gasteiger partial charge in [-0.2, -0.15) is 16.8 Å². The van der Waals surface area contributed by atoms with Gasteiger partial charge in [-0.05, 0) is 0 Å². The van der Waals surface area contributed by atoms with Crippen LogP contribution in [0.25, 0.3) is 0 Å². The van der Waals surface area contributed by atoms with Crippen LogP contribution in [0.3, 0.4) is 0 Å². The first-order valence-electron chi connectivity index (χ1n) is 2.02. The lowest BCUT2D eigenvalue weighted by Gasteiger charge is -2.04. The molecule has 0 atom stereocenters. The minimum atomic E-state index is -5.50. The summed E-state index contributed by atoms with van der Waals surface area (Å²) in [5, 5.41) is 11.9. The Balaban J connectivity index is 5.42. The predicted octanol–water partition coefficient (Wildman–Crippen LogP) is -2.51. The van der Waals surface area contributed by atoms with Crippen molar-refractivity contribution in [1.82, 2.24) is 3.82 Å². The van der Waals surface area contributed by atoms with Gasteiger partial charge in [0.25, 0.3) is 0 Å². The van der Waals surface area contributed by atoms with Crippen LogP contribution < -0.4 is 5.14 Å².